The summed E-state index contributed by atoms with van der Waals surface area (Å²) in [6.07, 6.45) is 0. The molecule has 1 aliphatic rings. The van der Waals surface area contributed by atoms with E-state index >= 15 is 0 Å². The number of rotatable bonds is 3. The molecule has 0 spiro atoms. The SMILES string of the molecule is O=C(O)c1cc2cc(CN3CCOCC3=O)ccc2o1. The smallest absolute Gasteiger partial charge is 0.371 e. The zero-order chi connectivity index (χ0) is 14.1. The molecule has 0 unspecified atom stereocenters. The van der Waals surface area contributed by atoms with E-state index < -0.39 is 5.97 Å². The van der Waals surface area contributed by atoms with E-state index in [1.807, 2.05) is 12.1 Å². The number of carboxylic acid groups (broad SMARTS) is 1. The molecule has 0 saturated carbocycles. The molecule has 20 heavy (non-hydrogen) atoms. The van der Waals surface area contributed by atoms with Crippen LogP contribution in [0.1, 0.15) is 16.1 Å². The molecule has 1 aromatic carbocycles. The second-order valence-electron chi connectivity index (χ2n) is 4.66. The quantitative estimate of drug-likeness (QED) is 0.918. The number of fused-ring (bicyclic) bond motifs is 1. The third kappa shape index (κ3) is 2.37. The average molecular weight is 275 g/mol. The lowest BCUT2D eigenvalue weighted by molar-refractivity contribution is -0.143. The first-order chi connectivity index (χ1) is 9.63. The van der Waals surface area contributed by atoms with Crippen LogP contribution < -0.4 is 0 Å². The Morgan fingerprint density at radius 3 is 2.95 bits per heavy atom. The van der Waals surface area contributed by atoms with Crippen LogP contribution in [-0.4, -0.2) is 41.6 Å². The summed E-state index contributed by atoms with van der Waals surface area (Å²) in [5, 5.41) is 9.61. The third-order valence-corrected chi connectivity index (χ3v) is 3.25. The highest BCUT2D eigenvalue weighted by atomic mass is 16.5. The van der Waals surface area contributed by atoms with Crippen LogP contribution in [0.4, 0.5) is 0 Å². The molecule has 104 valence electrons. The Hall–Kier alpha value is -2.34. The van der Waals surface area contributed by atoms with Gasteiger partial charge in [0.15, 0.2) is 0 Å². The Kier molecular flexibility index (Phi) is 3.15. The maximum atomic E-state index is 11.7. The molecule has 2 aromatic rings. The molecular formula is C14H13NO5. The van der Waals surface area contributed by atoms with Crippen molar-refractivity contribution in [1.29, 1.82) is 0 Å². The van der Waals surface area contributed by atoms with Gasteiger partial charge in [-0.1, -0.05) is 6.07 Å². The topological polar surface area (TPSA) is 80.0 Å². The Balaban J connectivity index is 1.85. The molecule has 0 radical (unpaired) electrons. The summed E-state index contributed by atoms with van der Waals surface area (Å²) in [6, 6.07) is 6.89. The number of nitrogens with zero attached hydrogens (tertiary/aromatic N) is 1. The Bertz CT molecular complexity index is 675. The van der Waals surface area contributed by atoms with Gasteiger partial charge < -0.3 is 19.2 Å². The lowest BCUT2D eigenvalue weighted by Gasteiger charge is -2.26. The molecule has 1 aromatic heterocycles. The summed E-state index contributed by atoms with van der Waals surface area (Å²) in [6.45, 7) is 1.73. The van der Waals surface area contributed by atoms with Gasteiger partial charge in [-0.05, 0) is 23.8 Å². The van der Waals surface area contributed by atoms with Gasteiger partial charge in [-0.2, -0.15) is 0 Å². The number of carbonyl (C=O) groups is 2. The first kappa shape index (κ1) is 12.7. The minimum Gasteiger partial charge on any atom is -0.475 e. The van der Waals surface area contributed by atoms with Crippen LogP contribution in [0.5, 0.6) is 0 Å². The second kappa shape index (κ2) is 4.97. The van der Waals surface area contributed by atoms with Crippen molar-refractivity contribution in [1.82, 2.24) is 4.90 Å². The van der Waals surface area contributed by atoms with Crippen molar-refractivity contribution < 1.29 is 23.8 Å². The molecule has 0 atom stereocenters. The lowest BCUT2D eigenvalue weighted by Crippen LogP contribution is -2.40. The molecule has 3 rings (SSSR count). The Morgan fingerprint density at radius 1 is 1.35 bits per heavy atom. The number of aromatic carboxylic acids is 1. The first-order valence-electron chi connectivity index (χ1n) is 6.25. The summed E-state index contributed by atoms with van der Waals surface area (Å²) in [5.74, 6) is -1.21. The van der Waals surface area contributed by atoms with Gasteiger partial charge in [0.05, 0.1) is 6.61 Å². The number of hydrogen-bond donors (Lipinski definition) is 1. The van der Waals surface area contributed by atoms with E-state index in [1.54, 1.807) is 11.0 Å². The molecular weight excluding hydrogens is 262 g/mol. The summed E-state index contributed by atoms with van der Waals surface area (Å²) in [7, 11) is 0. The molecule has 6 heteroatoms. The number of morpholine rings is 1. The van der Waals surface area contributed by atoms with Gasteiger partial charge in [0.25, 0.3) is 0 Å². The highest BCUT2D eigenvalue weighted by molar-refractivity contribution is 5.91. The number of carbonyl (C=O) groups excluding carboxylic acids is 1. The highest BCUT2D eigenvalue weighted by Gasteiger charge is 2.19. The van der Waals surface area contributed by atoms with Crippen molar-refractivity contribution in [3.05, 3.63) is 35.6 Å². The number of amides is 1. The molecule has 0 aliphatic carbocycles. The minimum absolute atomic E-state index is 0.0326. The van der Waals surface area contributed by atoms with Gasteiger partial charge in [-0.15, -0.1) is 0 Å². The van der Waals surface area contributed by atoms with E-state index in [0.29, 0.717) is 25.3 Å². The van der Waals surface area contributed by atoms with E-state index in [2.05, 4.69) is 0 Å². The first-order valence-corrected chi connectivity index (χ1v) is 6.25. The maximum absolute atomic E-state index is 11.7. The molecule has 6 nitrogen and oxygen atoms in total. The Morgan fingerprint density at radius 2 is 2.20 bits per heavy atom. The van der Waals surface area contributed by atoms with Crippen LogP contribution >= 0.6 is 0 Å². The summed E-state index contributed by atoms with van der Waals surface area (Å²) >= 11 is 0. The summed E-state index contributed by atoms with van der Waals surface area (Å²) in [5.41, 5.74) is 1.46. The van der Waals surface area contributed by atoms with Crippen molar-refractivity contribution in [2.45, 2.75) is 6.54 Å². The fraction of sp³-hybridized carbons (Fsp3) is 0.286. The summed E-state index contributed by atoms with van der Waals surface area (Å²) < 4.78 is 10.3. The normalized spacial score (nSPS) is 15.8. The number of benzene rings is 1. The third-order valence-electron chi connectivity index (χ3n) is 3.25. The number of hydrogen-bond acceptors (Lipinski definition) is 4. The van der Waals surface area contributed by atoms with Crippen LogP contribution in [0.15, 0.2) is 28.7 Å². The van der Waals surface area contributed by atoms with Crippen LogP contribution in [0.25, 0.3) is 11.0 Å². The standard InChI is InChI=1S/C14H13NO5/c16-13-8-19-4-3-15(13)7-9-1-2-11-10(5-9)6-12(20-11)14(17)18/h1-2,5-6H,3-4,7-8H2,(H,17,18). The van der Waals surface area contributed by atoms with Crippen LogP contribution in [0.2, 0.25) is 0 Å². The van der Waals surface area contributed by atoms with Gasteiger partial charge in [-0.3, -0.25) is 4.79 Å². The van der Waals surface area contributed by atoms with Crippen LogP contribution in [0, 0.1) is 0 Å². The van der Waals surface area contributed by atoms with Crippen molar-refractivity contribution in [2.75, 3.05) is 19.8 Å². The number of ether oxygens (including phenoxy) is 1. The summed E-state index contributed by atoms with van der Waals surface area (Å²) in [4.78, 5) is 24.2. The van der Waals surface area contributed by atoms with Gasteiger partial charge in [0.1, 0.15) is 12.2 Å². The largest absolute Gasteiger partial charge is 0.475 e. The van der Waals surface area contributed by atoms with Crippen molar-refractivity contribution in [3.63, 3.8) is 0 Å². The monoisotopic (exact) mass is 275 g/mol. The van der Waals surface area contributed by atoms with Crippen LogP contribution in [-0.2, 0) is 16.1 Å². The molecule has 1 saturated heterocycles. The highest BCUT2D eigenvalue weighted by Crippen LogP contribution is 2.22. The minimum atomic E-state index is -1.09. The van der Waals surface area contributed by atoms with Gasteiger partial charge in [0.2, 0.25) is 11.7 Å². The Labute approximate surface area is 114 Å². The molecule has 1 N–H and O–H groups in total. The van der Waals surface area contributed by atoms with Gasteiger partial charge in [0, 0.05) is 18.5 Å². The molecule has 1 fully saturated rings. The van der Waals surface area contributed by atoms with Crippen molar-refractivity contribution in [2.24, 2.45) is 0 Å². The van der Waals surface area contributed by atoms with E-state index in [4.69, 9.17) is 14.3 Å². The van der Waals surface area contributed by atoms with Gasteiger partial charge in [-0.25, -0.2) is 4.79 Å². The molecule has 1 amide bonds. The number of furan rings is 1. The second-order valence-corrected chi connectivity index (χ2v) is 4.66. The van der Waals surface area contributed by atoms with Crippen LogP contribution in [0.3, 0.4) is 0 Å². The van der Waals surface area contributed by atoms with E-state index in [9.17, 15) is 9.59 Å². The van der Waals surface area contributed by atoms with E-state index in [0.717, 1.165) is 10.9 Å². The molecule has 2 heterocycles. The van der Waals surface area contributed by atoms with E-state index in [-0.39, 0.29) is 18.3 Å². The predicted molar refractivity (Wildman–Crippen MR) is 69.4 cm³/mol. The fourth-order valence-corrected chi connectivity index (χ4v) is 2.23. The lowest BCUT2D eigenvalue weighted by atomic mass is 10.1. The maximum Gasteiger partial charge on any atom is 0.371 e. The fourth-order valence-electron chi connectivity index (χ4n) is 2.23. The average Bonchev–Trinajstić information content (AvgIpc) is 2.85. The van der Waals surface area contributed by atoms with Crippen molar-refractivity contribution >= 4 is 22.8 Å². The zero-order valence-corrected chi connectivity index (χ0v) is 10.7. The van der Waals surface area contributed by atoms with E-state index in [1.165, 1.54) is 6.07 Å². The van der Waals surface area contributed by atoms with Crippen molar-refractivity contribution in [3.8, 4) is 0 Å². The molecule has 0 bridgehead atoms. The predicted octanol–water partition coefficient (Wildman–Crippen LogP) is 1.49. The molecule has 1 aliphatic heterocycles. The zero-order valence-electron chi connectivity index (χ0n) is 10.7. The number of carboxylic acids is 1. The van der Waals surface area contributed by atoms with Gasteiger partial charge >= 0.3 is 5.97 Å².